The van der Waals surface area contributed by atoms with Gasteiger partial charge >= 0.3 is 5.97 Å². The van der Waals surface area contributed by atoms with Crippen molar-refractivity contribution >= 4 is 50.9 Å². The molecule has 0 amide bonds. The maximum Gasteiger partial charge on any atom is 0.338 e. The fourth-order valence-corrected chi connectivity index (χ4v) is 6.92. The number of furan rings is 1. The average molecular weight is 663 g/mol. The Morgan fingerprint density at radius 1 is 1.14 bits per heavy atom. The van der Waals surface area contributed by atoms with Crippen molar-refractivity contribution in [3.63, 3.8) is 0 Å². The average Bonchev–Trinajstić information content (AvgIpc) is 3.55. The van der Waals surface area contributed by atoms with E-state index in [1.165, 1.54) is 16.9 Å². The van der Waals surface area contributed by atoms with Gasteiger partial charge in [-0.2, -0.15) is 0 Å². The highest BCUT2D eigenvalue weighted by atomic mass is 79.9. The van der Waals surface area contributed by atoms with Gasteiger partial charge in [0.05, 0.1) is 46.1 Å². The summed E-state index contributed by atoms with van der Waals surface area (Å²) in [6, 6.07) is 18.8. The van der Waals surface area contributed by atoms with Gasteiger partial charge in [0, 0.05) is 30.8 Å². The Bertz CT molecular complexity index is 1850. The van der Waals surface area contributed by atoms with Crippen molar-refractivity contribution in [2.45, 2.75) is 32.7 Å². The van der Waals surface area contributed by atoms with E-state index in [9.17, 15) is 9.59 Å². The lowest BCUT2D eigenvalue weighted by Gasteiger charge is -2.26. The van der Waals surface area contributed by atoms with Crippen molar-refractivity contribution in [2.24, 2.45) is 4.99 Å². The number of nitrogens with zero attached hydrogens (tertiary/aromatic N) is 3. The Labute approximate surface area is 261 Å². The molecular weight excluding hydrogens is 630 g/mol. The number of thiazole rings is 1. The van der Waals surface area contributed by atoms with Gasteiger partial charge in [0.15, 0.2) is 4.80 Å². The molecule has 0 radical (unpaired) electrons. The molecule has 2 aromatic heterocycles. The highest BCUT2D eigenvalue weighted by Crippen LogP contribution is 2.36. The van der Waals surface area contributed by atoms with Crippen LogP contribution in [0, 0.1) is 0 Å². The molecule has 2 aromatic carbocycles. The van der Waals surface area contributed by atoms with Crippen molar-refractivity contribution in [3.05, 3.63) is 113 Å². The van der Waals surface area contributed by atoms with Crippen molar-refractivity contribution < 1.29 is 18.7 Å². The van der Waals surface area contributed by atoms with E-state index >= 15 is 0 Å². The molecule has 8 nitrogen and oxygen atoms in total. The number of aromatic nitrogens is 1. The first-order chi connectivity index (χ1) is 20.9. The van der Waals surface area contributed by atoms with Crippen LogP contribution < -0.4 is 19.8 Å². The zero-order valence-electron chi connectivity index (χ0n) is 24.2. The van der Waals surface area contributed by atoms with E-state index in [1.54, 1.807) is 17.6 Å². The molecule has 1 saturated heterocycles. The molecule has 4 aromatic rings. The second-order valence-corrected chi connectivity index (χ2v) is 12.5. The van der Waals surface area contributed by atoms with E-state index in [1.807, 2.05) is 60.7 Å². The van der Waals surface area contributed by atoms with E-state index in [0.717, 1.165) is 28.7 Å². The Hall–Kier alpha value is -3.73. The number of carbonyl (C=O) groups is 1. The van der Waals surface area contributed by atoms with Crippen molar-refractivity contribution in [2.75, 3.05) is 37.8 Å². The molecule has 222 valence electrons. The first-order valence-corrected chi connectivity index (χ1v) is 16.0. The molecule has 4 heterocycles. The molecule has 0 aliphatic carbocycles. The number of esters is 1. The minimum Gasteiger partial charge on any atom is -0.463 e. The number of hydrogen-bond donors (Lipinski definition) is 0. The molecule has 1 atom stereocenters. The number of halogens is 1. The van der Waals surface area contributed by atoms with E-state index in [2.05, 4.69) is 34.7 Å². The van der Waals surface area contributed by atoms with Crippen LogP contribution in [-0.4, -0.2) is 43.4 Å². The highest BCUT2D eigenvalue weighted by Gasteiger charge is 2.35. The molecule has 10 heteroatoms. The normalized spacial score (nSPS) is 17.3. The molecule has 1 fully saturated rings. The lowest BCUT2D eigenvalue weighted by molar-refractivity contribution is -0.138. The fourth-order valence-electron chi connectivity index (χ4n) is 5.38. The van der Waals surface area contributed by atoms with Crippen LogP contribution in [0.25, 0.3) is 11.8 Å². The minimum atomic E-state index is -0.721. The quantitative estimate of drug-likeness (QED) is 0.252. The van der Waals surface area contributed by atoms with Gasteiger partial charge in [-0.3, -0.25) is 9.36 Å². The van der Waals surface area contributed by atoms with Crippen molar-refractivity contribution in [3.8, 4) is 0 Å². The van der Waals surface area contributed by atoms with Crippen LogP contribution in [0.5, 0.6) is 0 Å². The van der Waals surface area contributed by atoms with E-state index in [-0.39, 0.29) is 12.2 Å². The molecule has 43 heavy (non-hydrogen) atoms. The van der Waals surface area contributed by atoms with Crippen molar-refractivity contribution in [1.82, 2.24) is 4.57 Å². The predicted octanol–water partition coefficient (Wildman–Crippen LogP) is 5.25. The van der Waals surface area contributed by atoms with Crippen LogP contribution in [0.1, 0.15) is 55.2 Å². The number of morpholine rings is 1. The van der Waals surface area contributed by atoms with E-state index in [0.29, 0.717) is 51.4 Å². The molecule has 2 aliphatic heterocycles. The number of carbonyl (C=O) groups excluding carboxylic acids is 1. The summed E-state index contributed by atoms with van der Waals surface area (Å²) < 4.78 is 20.1. The van der Waals surface area contributed by atoms with Gasteiger partial charge in [0.25, 0.3) is 5.56 Å². The van der Waals surface area contributed by atoms with Crippen LogP contribution in [0.3, 0.4) is 0 Å². The van der Waals surface area contributed by atoms with Gasteiger partial charge < -0.3 is 18.8 Å². The second kappa shape index (κ2) is 12.5. The zero-order valence-corrected chi connectivity index (χ0v) is 26.6. The lowest BCUT2D eigenvalue weighted by Crippen LogP contribution is -2.40. The molecule has 2 aliphatic rings. The molecule has 1 unspecified atom stereocenters. The summed E-state index contributed by atoms with van der Waals surface area (Å²) in [7, 11) is 0. The maximum atomic E-state index is 14.2. The smallest absolute Gasteiger partial charge is 0.338 e. The SMILES string of the molecule is CCOC(=O)C1=C(c2ccccc2)N=c2sc(=Cc3cc(Br)c(N4CCOCC4)o3)c(=O)n2C1c1ccc(C(C)C)cc1. The topological polar surface area (TPSA) is 86.3 Å². The molecule has 0 bridgehead atoms. The number of hydrogen-bond acceptors (Lipinski definition) is 8. The van der Waals surface area contributed by atoms with Crippen LogP contribution >= 0.6 is 27.3 Å². The van der Waals surface area contributed by atoms with Gasteiger partial charge in [0.1, 0.15) is 5.76 Å². The Kier molecular flexibility index (Phi) is 8.52. The number of benzene rings is 2. The van der Waals surface area contributed by atoms with Gasteiger partial charge in [0.2, 0.25) is 5.88 Å². The third-order valence-electron chi connectivity index (χ3n) is 7.55. The van der Waals surface area contributed by atoms with Crippen molar-refractivity contribution in [1.29, 1.82) is 0 Å². The second-order valence-electron chi connectivity index (χ2n) is 10.7. The zero-order chi connectivity index (χ0) is 30.1. The summed E-state index contributed by atoms with van der Waals surface area (Å²) >= 11 is 4.89. The predicted molar refractivity (Wildman–Crippen MR) is 171 cm³/mol. The van der Waals surface area contributed by atoms with Crippen LogP contribution in [-0.2, 0) is 14.3 Å². The van der Waals surface area contributed by atoms with Crippen LogP contribution in [0.2, 0.25) is 0 Å². The summed E-state index contributed by atoms with van der Waals surface area (Å²) in [5, 5.41) is 0. The van der Waals surface area contributed by atoms with Crippen LogP contribution in [0.15, 0.2) is 84.9 Å². The third-order valence-corrected chi connectivity index (χ3v) is 9.10. The summed E-state index contributed by atoms with van der Waals surface area (Å²) in [5.41, 5.74) is 3.33. The van der Waals surface area contributed by atoms with Gasteiger partial charge in [-0.1, -0.05) is 79.8 Å². The molecule has 0 N–H and O–H groups in total. The summed E-state index contributed by atoms with van der Waals surface area (Å²) in [5.74, 6) is 1.10. The molecule has 6 rings (SSSR count). The van der Waals surface area contributed by atoms with Gasteiger partial charge in [-0.15, -0.1) is 0 Å². The fraction of sp³-hybridized carbons (Fsp3) is 0.303. The number of ether oxygens (including phenoxy) is 2. The molecular formula is C33H32BrN3O5S. The van der Waals surface area contributed by atoms with Gasteiger partial charge in [-0.25, -0.2) is 9.79 Å². The Balaban J connectivity index is 1.55. The summed E-state index contributed by atoms with van der Waals surface area (Å²) in [4.78, 5) is 35.4. The van der Waals surface area contributed by atoms with E-state index < -0.39 is 12.0 Å². The van der Waals surface area contributed by atoms with Gasteiger partial charge in [-0.05, 0) is 39.9 Å². The first-order valence-electron chi connectivity index (χ1n) is 14.4. The highest BCUT2D eigenvalue weighted by molar-refractivity contribution is 9.10. The Morgan fingerprint density at radius 2 is 1.86 bits per heavy atom. The monoisotopic (exact) mass is 661 g/mol. The standard InChI is InChI=1S/C33H32BrN3O5S/c1-4-41-32(39)27-28(22-8-6-5-7-9-22)35-33-37(29(27)23-12-10-21(11-13-23)20(2)3)30(38)26(43-33)19-24-18-25(34)31(42-24)36-14-16-40-17-15-36/h5-13,18-20,29H,4,14-17H2,1-3H3. The summed E-state index contributed by atoms with van der Waals surface area (Å²) in [6.45, 7) is 8.95. The number of rotatable bonds is 7. The lowest BCUT2D eigenvalue weighted by atomic mass is 9.91. The molecule has 0 saturated carbocycles. The van der Waals surface area contributed by atoms with E-state index in [4.69, 9.17) is 18.9 Å². The molecule has 0 spiro atoms. The largest absolute Gasteiger partial charge is 0.463 e. The third kappa shape index (κ3) is 5.79. The summed E-state index contributed by atoms with van der Waals surface area (Å²) in [6.07, 6.45) is 1.74. The van der Waals surface area contributed by atoms with Crippen LogP contribution in [0.4, 0.5) is 5.88 Å². The maximum absolute atomic E-state index is 14.2. The number of anilines is 1. The Morgan fingerprint density at radius 3 is 2.53 bits per heavy atom. The minimum absolute atomic E-state index is 0.201. The number of fused-ring (bicyclic) bond motifs is 1. The first kappa shape index (κ1) is 29.3.